The van der Waals surface area contributed by atoms with Gasteiger partial charge in [-0.1, -0.05) is 0 Å². The molecular weight excluding hydrogens is 832 g/mol. The summed E-state index contributed by atoms with van der Waals surface area (Å²) in [6, 6.07) is 48.8. The molecule has 5 heteroatoms. The van der Waals surface area contributed by atoms with Crippen molar-refractivity contribution in [2.75, 3.05) is 0 Å². The minimum atomic E-state index is -0.355. The van der Waals surface area contributed by atoms with Crippen molar-refractivity contribution in [2.45, 2.75) is 19.3 Å². The monoisotopic (exact) mass is 860 g/mol. The van der Waals surface area contributed by atoms with E-state index in [1.54, 1.807) is 0 Å². The molecule has 0 heterocycles. The van der Waals surface area contributed by atoms with Crippen LogP contribution < -0.4 is 4.74 Å². The van der Waals surface area contributed by atoms with Crippen LogP contribution in [0.3, 0.4) is 0 Å². The van der Waals surface area contributed by atoms with Gasteiger partial charge in [-0.05, 0) is 0 Å². The zero-order chi connectivity index (χ0) is 31.6. The summed E-state index contributed by atoms with van der Waals surface area (Å²) >= 11 is 13.5. The molecule has 0 fully saturated rings. The van der Waals surface area contributed by atoms with Crippen molar-refractivity contribution in [1.82, 2.24) is 0 Å². The van der Waals surface area contributed by atoms with E-state index in [1.807, 2.05) is 19.4 Å². The molecule has 0 saturated carbocycles. The number of hydrogen-bond acceptors (Lipinski definition) is 1. The second-order valence-electron chi connectivity index (χ2n) is 11.3. The van der Waals surface area contributed by atoms with E-state index in [0.29, 0.717) is 0 Å². The van der Waals surface area contributed by atoms with Gasteiger partial charge in [-0.25, -0.2) is 0 Å². The van der Waals surface area contributed by atoms with Gasteiger partial charge in [-0.15, -0.1) is 0 Å². The van der Waals surface area contributed by atoms with Crippen LogP contribution in [0.15, 0.2) is 153 Å². The van der Waals surface area contributed by atoms with Gasteiger partial charge in [0.2, 0.25) is 0 Å². The molecule has 6 rings (SSSR count). The molecule has 0 bridgehead atoms. The van der Waals surface area contributed by atoms with Gasteiger partial charge in [-0.2, -0.15) is 0 Å². The predicted molar refractivity (Wildman–Crippen MR) is 196 cm³/mol. The molecule has 0 spiro atoms. The summed E-state index contributed by atoms with van der Waals surface area (Å²) in [6.45, 7) is 4.46. The summed E-state index contributed by atoms with van der Waals surface area (Å²) in [7, 11) is 0. The molecule has 0 N–H and O–H groups in total. The van der Waals surface area contributed by atoms with E-state index in [2.05, 4.69) is 201 Å². The fourth-order valence-corrected chi connectivity index (χ4v) is 7.40. The molecule has 0 saturated heterocycles. The average molecular weight is 861 g/mol. The van der Waals surface area contributed by atoms with Gasteiger partial charge in [-0.3, -0.25) is 0 Å². The standard InChI is InChI=1S/C40H29Br3O.Mo/c1-40(2,31-16-10-5-11-17-31)26-44-39-36(29-18-22-32(41)23-19-29)34(27-12-6-3-7-13-27)38(43)35(28-14-8-4-9-15-28)37(39)30-20-24-33(42)25-21-30;/h3-25H,1-2H3;. The van der Waals surface area contributed by atoms with Crippen molar-refractivity contribution in [3.63, 3.8) is 0 Å². The molecule has 0 aromatic heterocycles. The Hall–Kier alpha value is -2.88. The normalized spacial score (nSPS) is 11.3. The molecule has 222 valence electrons. The molecule has 0 unspecified atom stereocenters. The summed E-state index contributed by atoms with van der Waals surface area (Å²) in [5.74, 6) is 0.824. The fourth-order valence-electron chi connectivity index (χ4n) is 5.53. The van der Waals surface area contributed by atoms with Gasteiger partial charge in [0.1, 0.15) is 0 Å². The Morgan fingerprint density at radius 1 is 0.489 bits per heavy atom. The molecule has 0 amide bonds. The Bertz CT molecular complexity index is 1840. The molecule has 0 radical (unpaired) electrons. The molecule has 1 nitrogen and oxygen atoms in total. The Morgan fingerprint density at radius 2 is 0.844 bits per heavy atom. The van der Waals surface area contributed by atoms with Crippen LogP contribution in [0.2, 0.25) is 0 Å². The van der Waals surface area contributed by atoms with Crippen molar-refractivity contribution < 1.29 is 24.1 Å². The zero-order valence-corrected chi connectivity index (χ0v) is 31.5. The Balaban J connectivity index is 1.76. The van der Waals surface area contributed by atoms with E-state index >= 15 is 0 Å². The van der Waals surface area contributed by atoms with Gasteiger partial charge in [0, 0.05) is 0 Å². The van der Waals surface area contributed by atoms with E-state index in [1.165, 1.54) is 5.56 Å². The van der Waals surface area contributed by atoms with Crippen molar-refractivity contribution in [1.29, 1.82) is 0 Å². The van der Waals surface area contributed by atoms with Crippen LogP contribution in [-0.4, -0.2) is 4.08 Å². The van der Waals surface area contributed by atoms with E-state index in [-0.39, 0.29) is 5.41 Å². The molecular formula is C40H29Br3MoO. The molecule has 6 aromatic carbocycles. The second kappa shape index (κ2) is 13.9. The molecule has 0 aliphatic carbocycles. The van der Waals surface area contributed by atoms with Crippen LogP contribution >= 0.6 is 47.8 Å². The van der Waals surface area contributed by atoms with Gasteiger partial charge in [0.15, 0.2) is 0 Å². The summed E-state index contributed by atoms with van der Waals surface area (Å²) in [5, 5.41) is 0. The van der Waals surface area contributed by atoms with E-state index < -0.39 is 0 Å². The van der Waals surface area contributed by atoms with Crippen molar-refractivity contribution in [2.24, 2.45) is 0 Å². The average Bonchev–Trinajstić information content (AvgIpc) is 3.07. The summed E-state index contributed by atoms with van der Waals surface area (Å²) in [4.78, 5) is 0. The first-order chi connectivity index (χ1) is 21.8. The molecule has 0 atom stereocenters. The first kappa shape index (κ1) is 32.1. The third-order valence-electron chi connectivity index (χ3n) is 7.98. The summed E-state index contributed by atoms with van der Waals surface area (Å²) in [6.07, 6.45) is 0. The van der Waals surface area contributed by atoms with Gasteiger partial charge < -0.3 is 0 Å². The maximum absolute atomic E-state index is 7.32. The van der Waals surface area contributed by atoms with Crippen LogP contribution in [-0.2, 0) is 24.8 Å². The van der Waals surface area contributed by atoms with Crippen LogP contribution in [0, 0.1) is 0 Å². The number of rotatable bonds is 8. The number of hydrogen-bond donors (Lipinski definition) is 0. The Labute approximate surface area is 301 Å². The van der Waals surface area contributed by atoms with Crippen molar-refractivity contribution >= 4 is 51.9 Å². The Kier molecular flexibility index (Phi) is 9.87. The van der Waals surface area contributed by atoms with E-state index in [9.17, 15) is 0 Å². The van der Waals surface area contributed by atoms with Crippen LogP contribution in [0.1, 0.15) is 19.4 Å². The quantitative estimate of drug-likeness (QED) is 0.139. The Morgan fingerprint density at radius 3 is 1.24 bits per heavy atom. The third-order valence-corrected chi connectivity index (χ3v) is 11.3. The molecule has 6 aromatic rings. The summed E-state index contributed by atoms with van der Waals surface area (Å²) in [5.41, 5.74) is 9.41. The first-order valence-corrected chi connectivity index (χ1v) is 17.9. The van der Waals surface area contributed by atoms with Crippen molar-refractivity contribution in [3.05, 3.63) is 159 Å². The summed E-state index contributed by atoms with van der Waals surface area (Å²) < 4.78 is 11.3. The molecule has 0 aliphatic heterocycles. The molecule has 45 heavy (non-hydrogen) atoms. The number of ether oxygens (including phenoxy) is 1. The van der Waals surface area contributed by atoms with Gasteiger partial charge in [0.05, 0.1) is 0 Å². The zero-order valence-electron chi connectivity index (χ0n) is 24.7. The first-order valence-electron chi connectivity index (χ1n) is 14.6. The SMILES string of the molecule is CC(C)([C](=[Mo])Oc1c(-c2ccc(Br)cc2)c(-c2ccccc2)c(Br)c(-c2ccccc2)c1-c1ccc(Br)cc1)c1ccccc1. The van der Waals surface area contributed by atoms with Gasteiger partial charge in [0.25, 0.3) is 0 Å². The van der Waals surface area contributed by atoms with E-state index in [0.717, 1.165) is 67.8 Å². The second-order valence-corrected chi connectivity index (χ2v) is 14.8. The fraction of sp³-hybridized carbons (Fsp3) is 0.0750. The number of halogens is 3. The van der Waals surface area contributed by atoms with Crippen LogP contribution in [0.4, 0.5) is 0 Å². The topological polar surface area (TPSA) is 9.23 Å². The molecule has 0 aliphatic rings. The van der Waals surface area contributed by atoms with Crippen molar-refractivity contribution in [3.8, 4) is 50.3 Å². The van der Waals surface area contributed by atoms with Gasteiger partial charge >= 0.3 is 304 Å². The van der Waals surface area contributed by atoms with Crippen LogP contribution in [0.5, 0.6) is 5.75 Å². The minimum absolute atomic E-state index is 0.355. The maximum atomic E-state index is 7.32. The number of benzene rings is 6. The van der Waals surface area contributed by atoms with Crippen LogP contribution in [0.25, 0.3) is 44.5 Å². The third kappa shape index (κ3) is 6.67. The van der Waals surface area contributed by atoms with E-state index in [4.69, 9.17) is 4.74 Å². The predicted octanol–water partition coefficient (Wildman–Crippen LogP) is 12.7.